The maximum absolute atomic E-state index is 10.8. The molecular weight excluding hydrogens is 134 g/mol. The first-order valence-corrected chi connectivity index (χ1v) is 3.19. The molecule has 0 bridgehead atoms. The summed E-state index contributed by atoms with van der Waals surface area (Å²) in [6.07, 6.45) is 0.725. The minimum absolute atomic E-state index is 0.190. The van der Waals surface area contributed by atoms with Crippen LogP contribution >= 0.6 is 0 Å². The number of hydroxylamine groups is 2. The number of rotatable bonds is 2. The molecule has 0 N–H and O–H groups in total. The Kier molecular flexibility index (Phi) is 2.24. The molecule has 10 heavy (non-hydrogen) atoms. The Hall–Kier alpha value is -0.610. The maximum atomic E-state index is 10.8. The highest BCUT2D eigenvalue weighted by atomic mass is 16.7. The first-order valence-electron chi connectivity index (χ1n) is 3.19. The van der Waals surface area contributed by atoms with Crippen LogP contribution in [0.5, 0.6) is 0 Å². The monoisotopic (exact) mass is 145 g/mol. The molecule has 1 heterocycles. The predicted octanol–water partition coefficient (Wildman–Crippen LogP) is -0.205. The second-order valence-electron chi connectivity index (χ2n) is 2.20. The molecule has 1 atom stereocenters. The lowest BCUT2D eigenvalue weighted by Gasteiger charge is -2.16. The van der Waals surface area contributed by atoms with Gasteiger partial charge in [-0.15, -0.1) is 0 Å². The Morgan fingerprint density at radius 2 is 2.50 bits per heavy atom. The topological polar surface area (TPSA) is 38.8 Å². The molecule has 1 aliphatic heterocycles. The molecule has 0 spiro atoms. The molecule has 1 fully saturated rings. The SMILES string of the molecule is CON(C)C1CCOC1=O. The molecule has 0 aromatic rings. The number of likely N-dealkylation sites (N-methyl/N-ethyl adjacent to an activating group) is 1. The van der Waals surface area contributed by atoms with Gasteiger partial charge >= 0.3 is 5.97 Å². The van der Waals surface area contributed by atoms with E-state index in [2.05, 4.69) is 0 Å². The average molecular weight is 145 g/mol. The van der Waals surface area contributed by atoms with Gasteiger partial charge < -0.3 is 9.57 Å². The second-order valence-corrected chi connectivity index (χ2v) is 2.20. The molecule has 1 saturated heterocycles. The zero-order valence-electron chi connectivity index (χ0n) is 6.16. The minimum atomic E-state index is -0.204. The Labute approximate surface area is 59.7 Å². The van der Waals surface area contributed by atoms with Gasteiger partial charge in [-0.3, -0.25) is 4.79 Å². The van der Waals surface area contributed by atoms with E-state index in [1.165, 1.54) is 12.2 Å². The molecule has 1 unspecified atom stereocenters. The number of carbonyl (C=O) groups excluding carboxylic acids is 1. The summed E-state index contributed by atoms with van der Waals surface area (Å²) in [4.78, 5) is 15.7. The van der Waals surface area contributed by atoms with Gasteiger partial charge in [-0.05, 0) is 0 Å². The van der Waals surface area contributed by atoms with Crippen LogP contribution in [0.1, 0.15) is 6.42 Å². The fourth-order valence-electron chi connectivity index (χ4n) is 0.943. The first kappa shape index (κ1) is 7.50. The van der Waals surface area contributed by atoms with Crippen molar-refractivity contribution in [3.63, 3.8) is 0 Å². The Morgan fingerprint density at radius 3 is 2.90 bits per heavy atom. The zero-order valence-corrected chi connectivity index (χ0v) is 6.16. The van der Waals surface area contributed by atoms with Crippen LogP contribution in [0, 0.1) is 0 Å². The number of nitrogens with zero attached hydrogens (tertiary/aromatic N) is 1. The Morgan fingerprint density at radius 1 is 1.80 bits per heavy atom. The summed E-state index contributed by atoms with van der Waals surface area (Å²) >= 11 is 0. The summed E-state index contributed by atoms with van der Waals surface area (Å²) in [6, 6.07) is -0.204. The van der Waals surface area contributed by atoms with Crippen molar-refractivity contribution in [2.75, 3.05) is 20.8 Å². The number of cyclic esters (lactones) is 1. The van der Waals surface area contributed by atoms with Crippen LogP contribution in [0.15, 0.2) is 0 Å². The lowest BCUT2D eigenvalue weighted by atomic mass is 10.2. The van der Waals surface area contributed by atoms with Crippen molar-refractivity contribution >= 4 is 5.97 Å². The van der Waals surface area contributed by atoms with E-state index in [0.29, 0.717) is 6.61 Å². The number of carbonyl (C=O) groups is 1. The third-order valence-corrected chi connectivity index (χ3v) is 1.63. The summed E-state index contributed by atoms with van der Waals surface area (Å²) < 4.78 is 4.73. The van der Waals surface area contributed by atoms with Gasteiger partial charge in [-0.2, -0.15) is 5.06 Å². The summed E-state index contributed by atoms with van der Waals surface area (Å²) in [6.45, 7) is 0.511. The molecule has 58 valence electrons. The molecule has 1 aliphatic rings. The van der Waals surface area contributed by atoms with Crippen LogP contribution in [-0.2, 0) is 14.4 Å². The van der Waals surface area contributed by atoms with E-state index in [-0.39, 0.29) is 12.0 Å². The number of ether oxygens (including phenoxy) is 1. The van der Waals surface area contributed by atoms with Crippen molar-refractivity contribution in [2.45, 2.75) is 12.5 Å². The van der Waals surface area contributed by atoms with Crippen molar-refractivity contribution in [2.24, 2.45) is 0 Å². The molecule has 4 nitrogen and oxygen atoms in total. The summed E-state index contributed by atoms with van der Waals surface area (Å²) in [5.41, 5.74) is 0. The van der Waals surface area contributed by atoms with Crippen molar-refractivity contribution in [1.82, 2.24) is 5.06 Å². The average Bonchev–Trinajstić information content (AvgIpc) is 2.34. The molecule has 0 aromatic heterocycles. The largest absolute Gasteiger partial charge is 0.464 e. The summed E-state index contributed by atoms with van der Waals surface area (Å²) in [7, 11) is 3.25. The molecule has 0 amide bonds. The van der Waals surface area contributed by atoms with E-state index in [9.17, 15) is 4.79 Å². The van der Waals surface area contributed by atoms with E-state index in [1.807, 2.05) is 0 Å². The molecule has 0 aromatic carbocycles. The van der Waals surface area contributed by atoms with E-state index in [0.717, 1.165) is 6.42 Å². The standard InChI is InChI=1S/C6H11NO3/c1-7(9-2)5-3-4-10-6(5)8/h5H,3-4H2,1-2H3. The zero-order chi connectivity index (χ0) is 7.56. The fraction of sp³-hybridized carbons (Fsp3) is 0.833. The van der Waals surface area contributed by atoms with Gasteiger partial charge in [0.15, 0.2) is 0 Å². The van der Waals surface area contributed by atoms with Gasteiger partial charge in [0.25, 0.3) is 0 Å². The van der Waals surface area contributed by atoms with Crippen LogP contribution < -0.4 is 0 Å². The molecular formula is C6H11NO3. The molecule has 4 heteroatoms. The maximum Gasteiger partial charge on any atom is 0.325 e. The van der Waals surface area contributed by atoms with E-state index in [1.54, 1.807) is 7.05 Å². The van der Waals surface area contributed by atoms with Crippen molar-refractivity contribution in [3.8, 4) is 0 Å². The van der Waals surface area contributed by atoms with E-state index >= 15 is 0 Å². The smallest absolute Gasteiger partial charge is 0.325 e. The number of hydrogen-bond donors (Lipinski definition) is 0. The highest BCUT2D eigenvalue weighted by Crippen LogP contribution is 2.11. The van der Waals surface area contributed by atoms with Crippen LogP contribution in [0.2, 0.25) is 0 Å². The van der Waals surface area contributed by atoms with Crippen molar-refractivity contribution < 1.29 is 14.4 Å². The molecule has 0 radical (unpaired) electrons. The summed E-state index contributed by atoms with van der Waals surface area (Å²) in [5, 5.41) is 1.51. The minimum Gasteiger partial charge on any atom is -0.464 e. The highest BCUT2D eigenvalue weighted by Gasteiger charge is 2.30. The van der Waals surface area contributed by atoms with Crippen LogP contribution in [-0.4, -0.2) is 37.8 Å². The Bertz CT molecular complexity index is 137. The molecule has 0 saturated carbocycles. The van der Waals surface area contributed by atoms with Gasteiger partial charge in [0.1, 0.15) is 6.04 Å². The van der Waals surface area contributed by atoms with Crippen molar-refractivity contribution in [1.29, 1.82) is 0 Å². The second kappa shape index (κ2) is 2.98. The number of esters is 1. The molecule has 0 aliphatic carbocycles. The predicted molar refractivity (Wildman–Crippen MR) is 34.1 cm³/mol. The highest BCUT2D eigenvalue weighted by molar-refractivity contribution is 5.77. The normalized spacial score (nSPS) is 25.5. The van der Waals surface area contributed by atoms with Gasteiger partial charge in [0.05, 0.1) is 13.7 Å². The molecule has 1 rings (SSSR count). The number of hydrogen-bond acceptors (Lipinski definition) is 4. The van der Waals surface area contributed by atoms with Crippen LogP contribution in [0.25, 0.3) is 0 Å². The van der Waals surface area contributed by atoms with Gasteiger partial charge in [0.2, 0.25) is 0 Å². The lowest BCUT2D eigenvalue weighted by Crippen LogP contribution is -2.34. The van der Waals surface area contributed by atoms with Crippen LogP contribution in [0.4, 0.5) is 0 Å². The third-order valence-electron chi connectivity index (χ3n) is 1.63. The summed E-state index contributed by atoms with van der Waals surface area (Å²) in [5.74, 6) is -0.190. The quantitative estimate of drug-likeness (QED) is 0.398. The van der Waals surface area contributed by atoms with E-state index < -0.39 is 0 Å². The lowest BCUT2D eigenvalue weighted by molar-refractivity contribution is -0.166. The van der Waals surface area contributed by atoms with Gasteiger partial charge in [-0.25, -0.2) is 0 Å². The van der Waals surface area contributed by atoms with Crippen LogP contribution in [0.3, 0.4) is 0 Å². The van der Waals surface area contributed by atoms with Crippen molar-refractivity contribution in [3.05, 3.63) is 0 Å². The van der Waals surface area contributed by atoms with E-state index in [4.69, 9.17) is 9.57 Å². The van der Waals surface area contributed by atoms with Gasteiger partial charge in [0, 0.05) is 13.5 Å². The first-order chi connectivity index (χ1) is 4.75. The Balaban J connectivity index is 2.46. The fourth-order valence-corrected chi connectivity index (χ4v) is 0.943. The van der Waals surface area contributed by atoms with Gasteiger partial charge in [-0.1, -0.05) is 0 Å². The third kappa shape index (κ3) is 1.27.